The molecule has 1 N–H and O–H groups in total. The summed E-state index contributed by atoms with van der Waals surface area (Å²) < 4.78 is 5.71. The summed E-state index contributed by atoms with van der Waals surface area (Å²) in [6.07, 6.45) is 0.784. The fraction of sp³-hybridized carbons (Fsp3) is 0.200. The van der Waals surface area contributed by atoms with Crippen molar-refractivity contribution in [2.45, 2.75) is 13.3 Å². The van der Waals surface area contributed by atoms with Gasteiger partial charge in [0.05, 0.1) is 11.0 Å². The number of hydrogen-bond donors (Lipinski definition) is 1. The Morgan fingerprint density at radius 2 is 2.00 bits per heavy atom. The van der Waals surface area contributed by atoms with Gasteiger partial charge in [-0.2, -0.15) is 0 Å². The molecule has 0 aliphatic carbocycles. The second kappa shape index (κ2) is 6.45. The van der Waals surface area contributed by atoms with Crippen molar-refractivity contribution in [3.8, 4) is 11.5 Å². The molecular weight excluding hydrogens is 292 g/mol. The lowest BCUT2D eigenvalue weighted by molar-refractivity contribution is -0.384. The molecule has 0 atom stereocenters. The number of nitro groups is 1. The van der Waals surface area contributed by atoms with Gasteiger partial charge in [-0.1, -0.05) is 18.5 Å². The number of anilines is 1. The van der Waals surface area contributed by atoms with Crippen molar-refractivity contribution in [2.24, 2.45) is 0 Å². The molecule has 0 aliphatic heterocycles. The summed E-state index contributed by atoms with van der Waals surface area (Å²) in [5.74, 6) is 0.997. The zero-order chi connectivity index (χ0) is 15.4. The van der Waals surface area contributed by atoms with Crippen LogP contribution in [0.4, 0.5) is 11.4 Å². The van der Waals surface area contributed by atoms with Crippen LogP contribution in [0.5, 0.6) is 11.5 Å². The first-order valence-electron chi connectivity index (χ1n) is 6.47. The Labute approximate surface area is 127 Å². The van der Waals surface area contributed by atoms with Crippen molar-refractivity contribution in [1.82, 2.24) is 0 Å². The van der Waals surface area contributed by atoms with Crippen LogP contribution in [-0.4, -0.2) is 12.0 Å². The molecule has 0 fully saturated rings. The van der Waals surface area contributed by atoms with Crippen LogP contribution in [-0.2, 0) is 6.42 Å². The number of nitrogens with zero attached hydrogens (tertiary/aromatic N) is 1. The first-order valence-corrected chi connectivity index (χ1v) is 6.84. The predicted octanol–water partition coefficient (Wildman–Crippen LogP) is 4.64. The maximum Gasteiger partial charge on any atom is 0.275 e. The third-order valence-electron chi connectivity index (χ3n) is 3.02. The molecule has 110 valence electrons. The smallest absolute Gasteiger partial charge is 0.275 e. The van der Waals surface area contributed by atoms with Crippen molar-refractivity contribution in [1.29, 1.82) is 0 Å². The fourth-order valence-electron chi connectivity index (χ4n) is 1.91. The van der Waals surface area contributed by atoms with Gasteiger partial charge in [0.15, 0.2) is 0 Å². The Morgan fingerprint density at radius 1 is 1.24 bits per heavy atom. The van der Waals surface area contributed by atoms with E-state index in [4.69, 9.17) is 16.3 Å². The van der Waals surface area contributed by atoms with Crippen LogP contribution in [0.15, 0.2) is 36.4 Å². The van der Waals surface area contributed by atoms with Crippen LogP contribution in [0.3, 0.4) is 0 Å². The molecule has 5 nitrogen and oxygen atoms in total. The average Bonchev–Trinajstić information content (AvgIpc) is 2.48. The number of rotatable bonds is 5. The van der Waals surface area contributed by atoms with Crippen molar-refractivity contribution < 1.29 is 9.66 Å². The van der Waals surface area contributed by atoms with Gasteiger partial charge in [-0.3, -0.25) is 10.1 Å². The molecule has 21 heavy (non-hydrogen) atoms. The number of halogens is 1. The molecule has 0 radical (unpaired) electrons. The largest absolute Gasteiger partial charge is 0.457 e. The van der Waals surface area contributed by atoms with Crippen LogP contribution < -0.4 is 10.1 Å². The highest BCUT2D eigenvalue weighted by Gasteiger charge is 2.11. The standard InChI is InChI=1S/C15H15ClN2O3/c1-3-10-6-13(4-5-15(10)16)21-14-8-11(17-2)7-12(9-14)18(19)20/h4-9,17H,3H2,1-2H3. The molecule has 0 heterocycles. The van der Waals surface area contributed by atoms with Crippen molar-refractivity contribution in [3.63, 3.8) is 0 Å². The van der Waals surface area contributed by atoms with E-state index in [-0.39, 0.29) is 5.69 Å². The Bertz CT molecular complexity index is 674. The maximum absolute atomic E-state index is 10.9. The molecule has 2 rings (SSSR count). The number of non-ortho nitro benzene ring substituents is 1. The van der Waals surface area contributed by atoms with Gasteiger partial charge in [0.25, 0.3) is 5.69 Å². The molecular formula is C15H15ClN2O3. The zero-order valence-electron chi connectivity index (χ0n) is 11.7. The lowest BCUT2D eigenvalue weighted by Gasteiger charge is -2.10. The summed E-state index contributed by atoms with van der Waals surface area (Å²) in [7, 11) is 1.69. The van der Waals surface area contributed by atoms with Crippen LogP contribution in [0, 0.1) is 10.1 Å². The van der Waals surface area contributed by atoms with E-state index < -0.39 is 4.92 Å². The van der Waals surface area contributed by atoms with E-state index in [0.29, 0.717) is 22.2 Å². The summed E-state index contributed by atoms with van der Waals surface area (Å²) >= 11 is 6.06. The lowest BCUT2D eigenvalue weighted by Crippen LogP contribution is -1.95. The molecule has 0 aliphatic rings. The van der Waals surface area contributed by atoms with E-state index in [1.54, 1.807) is 25.2 Å². The van der Waals surface area contributed by atoms with E-state index in [0.717, 1.165) is 12.0 Å². The highest BCUT2D eigenvalue weighted by Crippen LogP contribution is 2.31. The van der Waals surface area contributed by atoms with Crippen LogP contribution in [0.25, 0.3) is 0 Å². The first-order chi connectivity index (χ1) is 10.0. The van der Waals surface area contributed by atoms with Crippen molar-refractivity contribution in [3.05, 3.63) is 57.1 Å². The summed E-state index contributed by atoms with van der Waals surface area (Å²) in [6.45, 7) is 2.00. The Hall–Kier alpha value is -2.27. The minimum Gasteiger partial charge on any atom is -0.457 e. The normalized spacial score (nSPS) is 10.2. The summed E-state index contributed by atoms with van der Waals surface area (Å²) in [5, 5.41) is 14.5. The Balaban J connectivity index is 2.34. The predicted molar refractivity (Wildman–Crippen MR) is 83.5 cm³/mol. The Morgan fingerprint density at radius 3 is 2.62 bits per heavy atom. The summed E-state index contributed by atoms with van der Waals surface area (Å²) in [6, 6.07) is 9.87. The van der Waals surface area contributed by atoms with Crippen molar-refractivity contribution in [2.75, 3.05) is 12.4 Å². The zero-order valence-corrected chi connectivity index (χ0v) is 12.5. The average molecular weight is 307 g/mol. The quantitative estimate of drug-likeness (QED) is 0.645. The van der Waals surface area contributed by atoms with Gasteiger partial charge in [-0.25, -0.2) is 0 Å². The number of hydrogen-bond acceptors (Lipinski definition) is 4. The number of ether oxygens (including phenoxy) is 1. The fourth-order valence-corrected chi connectivity index (χ4v) is 2.16. The van der Waals surface area contributed by atoms with Crippen LogP contribution in [0.1, 0.15) is 12.5 Å². The van der Waals surface area contributed by atoms with E-state index >= 15 is 0 Å². The molecule has 0 saturated carbocycles. The molecule has 2 aromatic rings. The van der Waals surface area contributed by atoms with Gasteiger partial charge >= 0.3 is 0 Å². The number of nitro benzene ring substituents is 1. The van der Waals surface area contributed by atoms with E-state index in [9.17, 15) is 10.1 Å². The van der Waals surface area contributed by atoms with Crippen LogP contribution in [0.2, 0.25) is 5.02 Å². The first kappa shape index (κ1) is 15.1. The molecule has 0 spiro atoms. The highest BCUT2D eigenvalue weighted by molar-refractivity contribution is 6.31. The lowest BCUT2D eigenvalue weighted by atomic mass is 10.1. The summed E-state index contributed by atoms with van der Waals surface area (Å²) in [4.78, 5) is 10.5. The van der Waals surface area contributed by atoms with E-state index in [1.165, 1.54) is 12.1 Å². The van der Waals surface area contributed by atoms with Gasteiger partial charge in [-0.15, -0.1) is 0 Å². The van der Waals surface area contributed by atoms with Gasteiger partial charge < -0.3 is 10.1 Å². The van der Waals surface area contributed by atoms with Crippen LogP contribution >= 0.6 is 11.6 Å². The van der Waals surface area contributed by atoms with Gasteiger partial charge in [0, 0.05) is 29.9 Å². The Kier molecular flexibility index (Phi) is 4.65. The third kappa shape index (κ3) is 3.64. The molecule has 0 unspecified atom stereocenters. The number of aryl methyl sites for hydroxylation is 1. The maximum atomic E-state index is 10.9. The molecule has 0 amide bonds. The molecule has 0 saturated heterocycles. The second-order valence-electron chi connectivity index (χ2n) is 4.43. The second-order valence-corrected chi connectivity index (χ2v) is 4.84. The van der Waals surface area contributed by atoms with Crippen molar-refractivity contribution >= 4 is 23.0 Å². The molecule has 0 bridgehead atoms. The number of nitrogens with one attached hydrogen (secondary N) is 1. The molecule has 2 aromatic carbocycles. The topological polar surface area (TPSA) is 64.4 Å². The van der Waals surface area contributed by atoms with E-state index in [2.05, 4.69) is 5.32 Å². The third-order valence-corrected chi connectivity index (χ3v) is 3.39. The minimum absolute atomic E-state index is 0.0264. The highest BCUT2D eigenvalue weighted by atomic mass is 35.5. The monoisotopic (exact) mass is 306 g/mol. The van der Waals surface area contributed by atoms with E-state index in [1.807, 2.05) is 13.0 Å². The SMILES string of the molecule is CCc1cc(Oc2cc(NC)cc([N+](=O)[O-])c2)ccc1Cl. The van der Waals surface area contributed by atoms with Gasteiger partial charge in [0.1, 0.15) is 11.5 Å². The summed E-state index contributed by atoms with van der Waals surface area (Å²) in [5.41, 5.74) is 1.55. The number of benzene rings is 2. The minimum atomic E-state index is -0.451. The van der Waals surface area contributed by atoms with Gasteiger partial charge in [-0.05, 0) is 30.2 Å². The van der Waals surface area contributed by atoms with Gasteiger partial charge in [0.2, 0.25) is 0 Å². The molecule has 6 heteroatoms. The molecule has 0 aromatic heterocycles.